The van der Waals surface area contributed by atoms with E-state index in [1.165, 1.54) is 6.07 Å². The van der Waals surface area contributed by atoms with Gasteiger partial charge in [0.25, 0.3) is 5.91 Å². The fraction of sp³-hybridized carbons (Fsp3) is 0.143. The van der Waals surface area contributed by atoms with E-state index >= 15 is 0 Å². The molecule has 0 unspecified atom stereocenters. The van der Waals surface area contributed by atoms with Crippen molar-refractivity contribution < 1.29 is 4.79 Å². The van der Waals surface area contributed by atoms with Crippen molar-refractivity contribution in [1.29, 1.82) is 5.26 Å². The molecule has 3 N–H and O–H groups in total. The molecule has 0 aliphatic rings. The lowest BCUT2D eigenvalue weighted by Crippen LogP contribution is -2.16. The third kappa shape index (κ3) is 2.76. The normalized spacial score (nSPS) is 10.1. The highest BCUT2D eigenvalue weighted by atomic mass is 35.5. The van der Waals surface area contributed by atoms with E-state index in [1.54, 1.807) is 29.0 Å². The summed E-state index contributed by atoms with van der Waals surface area (Å²) in [6.45, 7) is 2.55. The van der Waals surface area contributed by atoms with Crippen LogP contribution in [-0.4, -0.2) is 10.5 Å². The van der Waals surface area contributed by atoms with E-state index in [-0.39, 0.29) is 5.91 Å². The zero-order valence-electron chi connectivity index (χ0n) is 10.9. The van der Waals surface area contributed by atoms with Gasteiger partial charge in [-0.3, -0.25) is 4.79 Å². The maximum absolute atomic E-state index is 12.2. The molecule has 102 valence electrons. The van der Waals surface area contributed by atoms with Gasteiger partial charge in [0, 0.05) is 12.7 Å². The average Bonchev–Trinajstić information content (AvgIpc) is 2.82. The van der Waals surface area contributed by atoms with Crippen LogP contribution in [0, 0.1) is 11.3 Å². The second-order valence-electron chi connectivity index (χ2n) is 4.21. The number of carbonyl (C=O) groups is 1. The molecule has 2 rings (SSSR count). The van der Waals surface area contributed by atoms with E-state index in [9.17, 15) is 4.79 Å². The summed E-state index contributed by atoms with van der Waals surface area (Å²) in [5, 5.41) is 11.9. The van der Waals surface area contributed by atoms with Gasteiger partial charge in [-0.15, -0.1) is 0 Å². The van der Waals surface area contributed by atoms with Crippen molar-refractivity contribution in [2.24, 2.45) is 0 Å². The maximum atomic E-state index is 12.2. The number of aromatic nitrogens is 1. The molecule has 6 heteroatoms. The van der Waals surface area contributed by atoms with Gasteiger partial charge in [0.1, 0.15) is 5.69 Å². The van der Waals surface area contributed by atoms with Crippen molar-refractivity contribution >= 4 is 28.9 Å². The second-order valence-corrected chi connectivity index (χ2v) is 4.61. The molecule has 0 atom stereocenters. The first-order chi connectivity index (χ1) is 9.55. The first kappa shape index (κ1) is 14.0. The van der Waals surface area contributed by atoms with Crippen LogP contribution in [0.15, 0.2) is 30.5 Å². The number of hydrogen-bond acceptors (Lipinski definition) is 3. The van der Waals surface area contributed by atoms with E-state index in [2.05, 4.69) is 5.32 Å². The lowest BCUT2D eigenvalue weighted by Gasteiger charge is -2.09. The molecule has 0 saturated heterocycles. The molecule has 1 heterocycles. The molecule has 2 aromatic rings. The number of amides is 1. The molecule has 1 aromatic heterocycles. The molecule has 0 spiro atoms. The molecule has 0 fully saturated rings. The Morgan fingerprint density at radius 1 is 1.50 bits per heavy atom. The fourth-order valence-electron chi connectivity index (χ4n) is 1.86. The van der Waals surface area contributed by atoms with E-state index in [4.69, 9.17) is 22.6 Å². The van der Waals surface area contributed by atoms with Gasteiger partial charge in [-0.1, -0.05) is 11.6 Å². The number of benzene rings is 1. The van der Waals surface area contributed by atoms with Crippen molar-refractivity contribution in [3.63, 3.8) is 0 Å². The number of aryl methyl sites for hydroxylation is 1. The third-order valence-electron chi connectivity index (χ3n) is 2.83. The predicted octanol–water partition coefficient (Wildman–Crippen LogP) is 2.87. The van der Waals surface area contributed by atoms with Crippen LogP contribution in [0.1, 0.15) is 23.0 Å². The van der Waals surface area contributed by atoms with Crippen molar-refractivity contribution in [1.82, 2.24) is 4.57 Å². The summed E-state index contributed by atoms with van der Waals surface area (Å²) < 4.78 is 1.74. The zero-order valence-corrected chi connectivity index (χ0v) is 11.6. The molecular formula is C14H13ClN4O. The molecule has 1 amide bonds. The van der Waals surface area contributed by atoms with E-state index in [0.717, 1.165) is 0 Å². The van der Waals surface area contributed by atoms with Crippen LogP contribution in [0.3, 0.4) is 0 Å². The first-order valence-corrected chi connectivity index (χ1v) is 6.39. The second kappa shape index (κ2) is 5.68. The van der Waals surface area contributed by atoms with Crippen molar-refractivity contribution in [2.45, 2.75) is 13.5 Å². The largest absolute Gasteiger partial charge is 0.397 e. The number of anilines is 2. The summed E-state index contributed by atoms with van der Waals surface area (Å²) in [5.74, 6) is -0.319. The zero-order chi connectivity index (χ0) is 14.7. The minimum absolute atomic E-state index is 0.319. The number of nitrogen functional groups attached to an aromatic ring is 1. The van der Waals surface area contributed by atoms with Gasteiger partial charge in [-0.2, -0.15) is 5.26 Å². The Bertz CT molecular complexity index is 700. The molecular weight excluding hydrogens is 276 g/mol. The van der Waals surface area contributed by atoms with Gasteiger partial charge in [0.05, 0.1) is 28.0 Å². The lowest BCUT2D eigenvalue weighted by atomic mass is 10.2. The van der Waals surface area contributed by atoms with Gasteiger partial charge < -0.3 is 15.6 Å². The SMILES string of the molecule is CCn1cc(N)cc1C(=O)Nc1cc(C#N)ccc1Cl. The number of nitrogens with one attached hydrogen (secondary N) is 1. The molecule has 5 nitrogen and oxygen atoms in total. The topological polar surface area (TPSA) is 83.8 Å². The number of nitrogens with zero attached hydrogens (tertiary/aromatic N) is 2. The Balaban J connectivity index is 2.30. The van der Waals surface area contributed by atoms with E-state index < -0.39 is 0 Å². The number of nitriles is 1. The Labute approximate surface area is 121 Å². The van der Waals surface area contributed by atoms with E-state index in [0.29, 0.717) is 34.2 Å². The molecule has 20 heavy (non-hydrogen) atoms. The number of carbonyl (C=O) groups excluding carboxylic acids is 1. The molecule has 0 radical (unpaired) electrons. The standard InChI is InChI=1S/C14H13ClN4O/c1-2-19-8-10(17)6-13(19)14(20)18-12-5-9(7-16)3-4-11(12)15/h3-6,8H,2,17H2,1H3,(H,18,20). The summed E-state index contributed by atoms with van der Waals surface area (Å²) in [4.78, 5) is 12.2. The van der Waals surface area contributed by atoms with Crippen LogP contribution in [0.2, 0.25) is 5.02 Å². The predicted molar refractivity (Wildman–Crippen MR) is 78.6 cm³/mol. The number of hydrogen-bond donors (Lipinski definition) is 2. The highest BCUT2D eigenvalue weighted by molar-refractivity contribution is 6.34. The minimum Gasteiger partial charge on any atom is -0.397 e. The summed E-state index contributed by atoms with van der Waals surface area (Å²) in [6.07, 6.45) is 1.70. The van der Waals surface area contributed by atoms with Gasteiger partial charge >= 0.3 is 0 Å². The number of nitrogens with two attached hydrogens (primary N) is 1. The van der Waals surface area contributed by atoms with Crippen LogP contribution >= 0.6 is 11.6 Å². The highest BCUT2D eigenvalue weighted by Gasteiger charge is 2.14. The van der Waals surface area contributed by atoms with Crippen LogP contribution in [0.5, 0.6) is 0 Å². The summed E-state index contributed by atoms with van der Waals surface area (Å²) in [6, 6.07) is 8.29. The van der Waals surface area contributed by atoms with Crippen molar-refractivity contribution in [3.8, 4) is 6.07 Å². The molecule has 1 aromatic carbocycles. The van der Waals surface area contributed by atoms with Gasteiger partial charge in [0.15, 0.2) is 0 Å². The van der Waals surface area contributed by atoms with Gasteiger partial charge in [0.2, 0.25) is 0 Å². The fourth-order valence-corrected chi connectivity index (χ4v) is 2.03. The van der Waals surface area contributed by atoms with Crippen molar-refractivity contribution in [2.75, 3.05) is 11.1 Å². The maximum Gasteiger partial charge on any atom is 0.272 e. The van der Waals surface area contributed by atoms with Gasteiger partial charge in [-0.25, -0.2) is 0 Å². The van der Waals surface area contributed by atoms with Crippen LogP contribution in [0.4, 0.5) is 11.4 Å². The van der Waals surface area contributed by atoms with Crippen molar-refractivity contribution in [3.05, 3.63) is 46.7 Å². The molecule has 0 aliphatic heterocycles. The quantitative estimate of drug-likeness (QED) is 0.911. The van der Waals surface area contributed by atoms with Crippen LogP contribution < -0.4 is 11.1 Å². The first-order valence-electron chi connectivity index (χ1n) is 6.01. The summed E-state index contributed by atoms with van der Waals surface area (Å²) >= 11 is 6.01. The van der Waals surface area contributed by atoms with E-state index in [1.807, 2.05) is 13.0 Å². The third-order valence-corrected chi connectivity index (χ3v) is 3.16. The van der Waals surface area contributed by atoms with Crippen LogP contribution in [0.25, 0.3) is 0 Å². The minimum atomic E-state index is -0.319. The monoisotopic (exact) mass is 288 g/mol. The van der Waals surface area contributed by atoms with Gasteiger partial charge in [-0.05, 0) is 31.2 Å². The highest BCUT2D eigenvalue weighted by Crippen LogP contribution is 2.24. The number of rotatable bonds is 3. The smallest absolute Gasteiger partial charge is 0.272 e. The summed E-state index contributed by atoms with van der Waals surface area (Å²) in [5.41, 5.74) is 7.49. The molecule has 0 bridgehead atoms. The molecule has 0 aliphatic carbocycles. The average molecular weight is 289 g/mol. The van der Waals surface area contributed by atoms with Crippen LogP contribution in [-0.2, 0) is 6.54 Å². The lowest BCUT2D eigenvalue weighted by molar-refractivity contribution is 0.101. The molecule has 0 saturated carbocycles. The number of halogens is 1. The Kier molecular flexibility index (Phi) is 3.97. The summed E-state index contributed by atoms with van der Waals surface area (Å²) in [7, 11) is 0. The Morgan fingerprint density at radius 3 is 2.90 bits per heavy atom. The Morgan fingerprint density at radius 2 is 2.25 bits per heavy atom. The Hall–Kier alpha value is -2.45.